The first-order chi connectivity index (χ1) is 9.36. The molecule has 3 rings (SSSR count). The van der Waals surface area contributed by atoms with Crippen LogP contribution in [-0.4, -0.2) is 68.6 Å². The number of nitrogens with zero attached hydrogens (tertiary/aromatic N) is 2. The summed E-state index contributed by atoms with van der Waals surface area (Å²) in [6, 6.07) is 6.49. The summed E-state index contributed by atoms with van der Waals surface area (Å²) in [6.45, 7) is 7.15. The van der Waals surface area contributed by atoms with Gasteiger partial charge in [-0.15, -0.1) is 0 Å². The first-order valence-corrected chi connectivity index (χ1v) is 7.67. The Morgan fingerprint density at radius 1 is 0.842 bits per heavy atom. The standard InChI is InChI=1S/C14H19N2O2Se/c19-13-3-1-2-12(15-4-8-17-9-5-15)14(13)16-6-10-18-11-7-16/h1-3H,4-11H2. The van der Waals surface area contributed by atoms with Crippen molar-refractivity contribution in [2.45, 2.75) is 0 Å². The second-order valence-corrected chi connectivity index (χ2v) is 5.75. The quantitative estimate of drug-likeness (QED) is 0.723. The van der Waals surface area contributed by atoms with Crippen molar-refractivity contribution >= 4 is 31.8 Å². The Kier molecular flexibility index (Phi) is 4.28. The van der Waals surface area contributed by atoms with Crippen molar-refractivity contribution in [1.29, 1.82) is 0 Å². The summed E-state index contributed by atoms with van der Waals surface area (Å²) in [5.74, 6) is 0. The molecular formula is C14H19N2O2Se. The molecule has 0 saturated carbocycles. The van der Waals surface area contributed by atoms with Crippen LogP contribution >= 0.6 is 0 Å². The second kappa shape index (κ2) is 6.14. The van der Waals surface area contributed by atoms with Gasteiger partial charge in [0.2, 0.25) is 0 Å². The second-order valence-electron chi connectivity index (χ2n) is 4.82. The van der Waals surface area contributed by atoms with E-state index in [1.807, 2.05) is 0 Å². The van der Waals surface area contributed by atoms with E-state index < -0.39 is 0 Å². The van der Waals surface area contributed by atoms with E-state index in [-0.39, 0.29) is 0 Å². The van der Waals surface area contributed by atoms with E-state index in [0.29, 0.717) is 0 Å². The van der Waals surface area contributed by atoms with Gasteiger partial charge in [-0.05, 0) is 0 Å². The van der Waals surface area contributed by atoms with Gasteiger partial charge in [0.25, 0.3) is 0 Å². The molecule has 0 N–H and O–H groups in total. The summed E-state index contributed by atoms with van der Waals surface area (Å²) >= 11 is 3.21. The third-order valence-electron chi connectivity index (χ3n) is 3.66. The van der Waals surface area contributed by atoms with Gasteiger partial charge in [0.05, 0.1) is 0 Å². The van der Waals surface area contributed by atoms with Gasteiger partial charge in [-0.1, -0.05) is 0 Å². The zero-order valence-electron chi connectivity index (χ0n) is 11.0. The maximum atomic E-state index is 5.46. The van der Waals surface area contributed by atoms with Gasteiger partial charge < -0.3 is 0 Å². The molecule has 0 spiro atoms. The van der Waals surface area contributed by atoms with Gasteiger partial charge in [-0.2, -0.15) is 0 Å². The molecule has 0 amide bonds. The van der Waals surface area contributed by atoms with Gasteiger partial charge in [-0.25, -0.2) is 0 Å². The Labute approximate surface area is 122 Å². The van der Waals surface area contributed by atoms with E-state index in [1.54, 1.807) is 0 Å². The van der Waals surface area contributed by atoms with Crippen molar-refractivity contribution in [3.05, 3.63) is 18.2 Å². The van der Waals surface area contributed by atoms with Crippen LogP contribution in [0.4, 0.5) is 11.4 Å². The third-order valence-corrected chi connectivity index (χ3v) is 4.35. The predicted molar refractivity (Wildman–Crippen MR) is 77.9 cm³/mol. The molecule has 1 aromatic rings. The topological polar surface area (TPSA) is 24.9 Å². The van der Waals surface area contributed by atoms with E-state index in [2.05, 4.69) is 44.0 Å². The van der Waals surface area contributed by atoms with Crippen LogP contribution < -0.4 is 14.3 Å². The molecule has 19 heavy (non-hydrogen) atoms. The fraction of sp³-hybridized carbons (Fsp3) is 0.571. The number of anilines is 2. The summed E-state index contributed by atoms with van der Waals surface area (Å²) in [5, 5.41) is 0. The Morgan fingerprint density at radius 3 is 2.05 bits per heavy atom. The number of rotatable bonds is 2. The zero-order valence-corrected chi connectivity index (χ0v) is 12.7. The summed E-state index contributed by atoms with van der Waals surface area (Å²) in [7, 11) is 0. The van der Waals surface area contributed by atoms with Crippen LogP contribution in [-0.2, 0) is 9.47 Å². The summed E-state index contributed by atoms with van der Waals surface area (Å²) < 4.78 is 12.1. The van der Waals surface area contributed by atoms with Crippen molar-refractivity contribution in [3.63, 3.8) is 0 Å². The van der Waals surface area contributed by atoms with Crippen molar-refractivity contribution < 1.29 is 9.47 Å². The molecule has 0 aliphatic carbocycles. The van der Waals surface area contributed by atoms with Crippen molar-refractivity contribution in [3.8, 4) is 0 Å². The van der Waals surface area contributed by atoms with Crippen LogP contribution in [0.15, 0.2) is 18.2 Å². The fourth-order valence-corrected chi connectivity index (χ4v) is 3.33. The molecule has 103 valence electrons. The van der Waals surface area contributed by atoms with E-state index >= 15 is 0 Å². The summed E-state index contributed by atoms with van der Waals surface area (Å²) in [6.07, 6.45) is 0. The van der Waals surface area contributed by atoms with Crippen LogP contribution in [0.5, 0.6) is 0 Å². The monoisotopic (exact) mass is 327 g/mol. The average Bonchev–Trinajstić information content (AvgIpc) is 2.49. The average molecular weight is 326 g/mol. The number of morpholine rings is 2. The molecule has 2 aliphatic rings. The molecule has 4 nitrogen and oxygen atoms in total. The fourth-order valence-electron chi connectivity index (χ4n) is 2.67. The molecule has 1 aromatic carbocycles. The van der Waals surface area contributed by atoms with Gasteiger partial charge >= 0.3 is 122 Å². The van der Waals surface area contributed by atoms with Crippen LogP contribution in [0.25, 0.3) is 0 Å². The first kappa shape index (κ1) is 13.3. The Hall–Kier alpha value is -0.741. The minimum atomic E-state index is 0.816. The number of ether oxygens (including phenoxy) is 2. The number of hydrogen-bond donors (Lipinski definition) is 0. The SMILES string of the molecule is [Se]c1cccc(N2CCOCC2)c1N1CCOCC1. The predicted octanol–water partition coefficient (Wildman–Crippen LogP) is 0.154. The van der Waals surface area contributed by atoms with Crippen molar-refractivity contribution in [1.82, 2.24) is 0 Å². The van der Waals surface area contributed by atoms with E-state index in [4.69, 9.17) is 9.47 Å². The van der Waals surface area contributed by atoms with Gasteiger partial charge in [-0.3, -0.25) is 0 Å². The zero-order chi connectivity index (χ0) is 13.1. The molecule has 0 unspecified atom stereocenters. The number of benzene rings is 1. The van der Waals surface area contributed by atoms with E-state index in [0.717, 1.165) is 52.6 Å². The Morgan fingerprint density at radius 2 is 1.42 bits per heavy atom. The third kappa shape index (κ3) is 2.89. The molecular weight excluding hydrogens is 307 g/mol. The minimum absolute atomic E-state index is 0.816. The Bertz CT molecular complexity index is 429. The molecule has 0 aromatic heterocycles. The maximum absolute atomic E-state index is 5.46. The molecule has 1 radical (unpaired) electrons. The molecule has 2 heterocycles. The molecule has 0 bridgehead atoms. The summed E-state index contributed by atoms with van der Waals surface area (Å²) in [5.41, 5.74) is 2.65. The molecule has 2 saturated heterocycles. The Balaban J connectivity index is 1.91. The van der Waals surface area contributed by atoms with Crippen molar-refractivity contribution in [2.24, 2.45) is 0 Å². The molecule has 2 aliphatic heterocycles. The number of para-hydroxylation sites is 1. The van der Waals surface area contributed by atoms with Crippen molar-refractivity contribution in [2.75, 3.05) is 62.4 Å². The van der Waals surface area contributed by atoms with Gasteiger partial charge in [0.1, 0.15) is 0 Å². The van der Waals surface area contributed by atoms with Crippen LogP contribution in [0.1, 0.15) is 0 Å². The normalized spacial score (nSPS) is 20.6. The van der Waals surface area contributed by atoms with E-state index in [1.165, 1.54) is 15.8 Å². The van der Waals surface area contributed by atoms with Crippen LogP contribution in [0.2, 0.25) is 0 Å². The van der Waals surface area contributed by atoms with E-state index in [9.17, 15) is 0 Å². The molecule has 5 heteroatoms. The first-order valence-electron chi connectivity index (χ1n) is 6.81. The van der Waals surface area contributed by atoms with Gasteiger partial charge in [0, 0.05) is 0 Å². The van der Waals surface area contributed by atoms with Crippen LogP contribution in [0, 0.1) is 0 Å². The van der Waals surface area contributed by atoms with Gasteiger partial charge in [0.15, 0.2) is 0 Å². The molecule has 2 fully saturated rings. The van der Waals surface area contributed by atoms with Crippen LogP contribution in [0.3, 0.4) is 0 Å². The summed E-state index contributed by atoms with van der Waals surface area (Å²) in [4.78, 5) is 4.86. The number of hydrogen-bond acceptors (Lipinski definition) is 4. The molecule has 0 atom stereocenters.